The Balaban J connectivity index is 1.65. The highest BCUT2D eigenvalue weighted by Crippen LogP contribution is 2.28. The van der Waals surface area contributed by atoms with Gasteiger partial charge in [-0.15, -0.1) is 0 Å². The Morgan fingerprint density at radius 1 is 1.07 bits per heavy atom. The maximum absolute atomic E-state index is 10.7. The van der Waals surface area contributed by atoms with Crippen LogP contribution in [0.1, 0.15) is 48.5 Å². The Kier molecular flexibility index (Phi) is 8.04. The van der Waals surface area contributed by atoms with Gasteiger partial charge >= 0.3 is 0 Å². The molecule has 3 N–H and O–H groups in total. The number of hydrogen-bond donors (Lipinski definition) is 3. The summed E-state index contributed by atoms with van der Waals surface area (Å²) < 4.78 is 6.28. The summed E-state index contributed by atoms with van der Waals surface area (Å²) in [6, 6.07) is 19.0. The van der Waals surface area contributed by atoms with E-state index in [1.54, 1.807) is 0 Å². The number of nitrogens with one attached hydrogen (secondary N) is 1. The third kappa shape index (κ3) is 5.65. The molecule has 1 unspecified atom stereocenters. The highest BCUT2D eigenvalue weighted by atomic mass is 16.5. The molecule has 0 radical (unpaired) electrons. The summed E-state index contributed by atoms with van der Waals surface area (Å²) in [4.78, 5) is 1.41. The van der Waals surface area contributed by atoms with Crippen LogP contribution in [-0.2, 0) is 4.74 Å². The molecule has 1 saturated heterocycles. The van der Waals surface area contributed by atoms with E-state index in [1.165, 1.54) is 23.3 Å². The van der Waals surface area contributed by atoms with E-state index in [0.717, 1.165) is 30.5 Å². The summed E-state index contributed by atoms with van der Waals surface area (Å²) in [5.41, 5.74) is 3.44. The van der Waals surface area contributed by atoms with Crippen LogP contribution in [0.25, 0.3) is 0 Å². The third-order valence-corrected chi connectivity index (χ3v) is 5.88. The van der Waals surface area contributed by atoms with Gasteiger partial charge in [0, 0.05) is 13.0 Å². The maximum atomic E-state index is 10.7. The van der Waals surface area contributed by atoms with Crippen molar-refractivity contribution in [2.75, 3.05) is 26.3 Å². The topological polar surface area (TPSA) is 54.1 Å². The number of ether oxygens (including phenoxy) is 1. The quantitative estimate of drug-likeness (QED) is 0.622. The molecule has 0 spiro atoms. The van der Waals surface area contributed by atoms with Gasteiger partial charge in [-0.2, -0.15) is 0 Å². The number of aryl methyl sites for hydroxylation is 1. The SMILES string of the molecule is Cc1ccccc1[C@H](OC[C@H](O)C[NH+]1CCCC[C@@H]1CCO)c1ccccc1. The van der Waals surface area contributed by atoms with Crippen molar-refractivity contribution in [2.45, 2.75) is 50.9 Å². The normalized spacial score (nSPS) is 22.0. The summed E-state index contributed by atoms with van der Waals surface area (Å²) in [6.45, 7) is 4.39. The van der Waals surface area contributed by atoms with Crippen molar-refractivity contribution in [3.8, 4) is 0 Å². The molecule has 3 rings (SSSR count). The first-order valence-electron chi connectivity index (χ1n) is 10.5. The van der Waals surface area contributed by atoms with E-state index in [4.69, 9.17) is 4.74 Å². The van der Waals surface area contributed by atoms with Crippen LogP contribution in [0.4, 0.5) is 0 Å². The van der Waals surface area contributed by atoms with Crippen molar-refractivity contribution >= 4 is 0 Å². The zero-order valence-electron chi connectivity index (χ0n) is 16.9. The Morgan fingerprint density at radius 3 is 2.57 bits per heavy atom. The van der Waals surface area contributed by atoms with Gasteiger partial charge in [-0.05, 0) is 42.9 Å². The van der Waals surface area contributed by atoms with E-state index in [-0.39, 0.29) is 12.7 Å². The first-order valence-corrected chi connectivity index (χ1v) is 10.5. The second-order valence-corrected chi connectivity index (χ2v) is 7.95. The van der Waals surface area contributed by atoms with Crippen LogP contribution in [0.5, 0.6) is 0 Å². The number of aliphatic hydroxyl groups is 2. The van der Waals surface area contributed by atoms with Gasteiger partial charge in [-0.3, -0.25) is 0 Å². The molecule has 1 fully saturated rings. The van der Waals surface area contributed by atoms with Crippen LogP contribution in [0.2, 0.25) is 0 Å². The number of quaternary nitrogens is 1. The molecule has 0 aliphatic carbocycles. The summed E-state index contributed by atoms with van der Waals surface area (Å²) in [6.07, 6.45) is 3.69. The van der Waals surface area contributed by atoms with E-state index in [1.807, 2.05) is 30.3 Å². The number of piperidine rings is 1. The van der Waals surface area contributed by atoms with Crippen molar-refractivity contribution in [2.24, 2.45) is 0 Å². The van der Waals surface area contributed by atoms with Gasteiger partial charge in [0.15, 0.2) is 0 Å². The van der Waals surface area contributed by atoms with Crippen LogP contribution in [-0.4, -0.2) is 48.7 Å². The third-order valence-electron chi connectivity index (χ3n) is 5.88. The van der Waals surface area contributed by atoms with Crippen LogP contribution in [0.15, 0.2) is 54.6 Å². The van der Waals surface area contributed by atoms with Gasteiger partial charge in [0.05, 0.1) is 19.2 Å². The number of likely N-dealkylation sites (tertiary alicyclic amines) is 1. The molecule has 4 nitrogen and oxygen atoms in total. The fraction of sp³-hybridized carbons (Fsp3) is 0.500. The lowest BCUT2D eigenvalue weighted by atomic mass is 9.97. The minimum Gasteiger partial charge on any atom is -0.396 e. The molecular formula is C24H34NO3+. The van der Waals surface area contributed by atoms with E-state index in [2.05, 4.69) is 31.2 Å². The van der Waals surface area contributed by atoms with Crippen molar-refractivity contribution < 1.29 is 19.8 Å². The first kappa shape index (κ1) is 21.0. The number of hydrogen-bond acceptors (Lipinski definition) is 3. The minimum absolute atomic E-state index is 0.179. The van der Waals surface area contributed by atoms with Gasteiger partial charge in [0.1, 0.15) is 18.8 Å². The van der Waals surface area contributed by atoms with Crippen molar-refractivity contribution in [3.63, 3.8) is 0 Å². The van der Waals surface area contributed by atoms with E-state index in [0.29, 0.717) is 19.2 Å². The monoisotopic (exact) mass is 384 g/mol. The molecular weight excluding hydrogens is 350 g/mol. The molecule has 2 aromatic carbocycles. The minimum atomic E-state index is -0.510. The highest BCUT2D eigenvalue weighted by Gasteiger charge is 2.28. The lowest BCUT2D eigenvalue weighted by molar-refractivity contribution is -0.934. The van der Waals surface area contributed by atoms with Crippen molar-refractivity contribution in [1.29, 1.82) is 0 Å². The van der Waals surface area contributed by atoms with Crippen molar-refractivity contribution in [1.82, 2.24) is 0 Å². The first-order chi connectivity index (χ1) is 13.7. The second kappa shape index (κ2) is 10.7. The van der Waals surface area contributed by atoms with Gasteiger partial charge < -0.3 is 19.8 Å². The second-order valence-electron chi connectivity index (χ2n) is 7.95. The van der Waals surface area contributed by atoms with Gasteiger partial charge in [-0.1, -0.05) is 54.6 Å². The summed E-state index contributed by atoms with van der Waals surface area (Å²) in [5, 5.41) is 20.0. The zero-order chi connectivity index (χ0) is 19.8. The van der Waals surface area contributed by atoms with Gasteiger partial charge in [0.2, 0.25) is 0 Å². The molecule has 4 atom stereocenters. The van der Waals surface area contributed by atoms with Crippen molar-refractivity contribution in [3.05, 3.63) is 71.3 Å². The molecule has 1 aliphatic rings. The summed E-state index contributed by atoms with van der Waals surface area (Å²) in [7, 11) is 0. The predicted molar refractivity (Wildman–Crippen MR) is 111 cm³/mol. The largest absolute Gasteiger partial charge is 0.396 e. The van der Waals surface area contributed by atoms with E-state index in [9.17, 15) is 10.2 Å². The highest BCUT2D eigenvalue weighted by molar-refractivity contribution is 5.35. The van der Waals surface area contributed by atoms with E-state index >= 15 is 0 Å². The Hall–Kier alpha value is -1.72. The molecule has 4 heteroatoms. The average molecular weight is 385 g/mol. The van der Waals surface area contributed by atoms with Gasteiger partial charge in [-0.25, -0.2) is 0 Å². The summed E-state index contributed by atoms with van der Waals surface area (Å²) in [5.74, 6) is 0. The standard InChI is InChI=1S/C24H33NO3/c1-19-9-5-6-13-23(19)24(20-10-3-2-4-11-20)28-18-22(27)17-25-15-8-7-12-21(25)14-16-26/h2-6,9-11,13,21-22,24,26-27H,7-8,12,14-18H2,1H3/p+1/t21-,22-,24-/m1/s1. The smallest absolute Gasteiger partial charge is 0.126 e. The number of benzene rings is 2. The fourth-order valence-electron chi connectivity index (χ4n) is 4.37. The maximum Gasteiger partial charge on any atom is 0.126 e. The Bertz CT molecular complexity index is 704. The predicted octanol–water partition coefficient (Wildman–Crippen LogP) is 2.28. The molecule has 0 amide bonds. The van der Waals surface area contributed by atoms with Crippen LogP contribution >= 0.6 is 0 Å². The fourth-order valence-corrected chi connectivity index (χ4v) is 4.37. The lowest BCUT2D eigenvalue weighted by Crippen LogP contribution is -3.17. The lowest BCUT2D eigenvalue weighted by Gasteiger charge is -2.34. The molecule has 0 aromatic heterocycles. The molecule has 0 bridgehead atoms. The number of rotatable bonds is 9. The molecule has 28 heavy (non-hydrogen) atoms. The molecule has 1 aliphatic heterocycles. The molecule has 152 valence electrons. The van der Waals surface area contributed by atoms with E-state index < -0.39 is 6.10 Å². The number of aliphatic hydroxyl groups excluding tert-OH is 2. The molecule has 0 saturated carbocycles. The Labute approximate surface area is 168 Å². The van der Waals surface area contributed by atoms with Crippen LogP contribution < -0.4 is 4.90 Å². The van der Waals surface area contributed by atoms with Crippen LogP contribution in [0, 0.1) is 6.92 Å². The summed E-state index contributed by atoms with van der Waals surface area (Å²) >= 11 is 0. The molecule has 1 heterocycles. The molecule has 2 aromatic rings. The zero-order valence-corrected chi connectivity index (χ0v) is 16.9. The Morgan fingerprint density at radius 2 is 1.82 bits per heavy atom. The van der Waals surface area contributed by atoms with Gasteiger partial charge in [0.25, 0.3) is 0 Å². The van der Waals surface area contributed by atoms with Crippen LogP contribution in [0.3, 0.4) is 0 Å². The average Bonchev–Trinajstić information content (AvgIpc) is 2.72.